The van der Waals surface area contributed by atoms with Crippen molar-refractivity contribution in [2.75, 3.05) is 0 Å². The van der Waals surface area contributed by atoms with Crippen molar-refractivity contribution in [1.82, 2.24) is 0 Å². The van der Waals surface area contributed by atoms with E-state index >= 15 is 0 Å². The number of hydrogen-bond donors (Lipinski definition) is 3. The first-order valence-electron chi connectivity index (χ1n) is 2.09. The van der Waals surface area contributed by atoms with Gasteiger partial charge in [0.15, 0.2) is 0 Å². The van der Waals surface area contributed by atoms with Gasteiger partial charge in [-0.3, -0.25) is 0 Å². The number of rotatable bonds is 0. The fourth-order valence-electron chi connectivity index (χ4n) is 0. The van der Waals surface area contributed by atoms with E-state index in [0.717, 1.165) is 0 Å². The minimum absolute atomic E-state index is 0. The maximum Gasteiger partial charge on any atom is 3.00 e. The Balaban J connectivity index is -0.0000000450. The number of hydrogen-bond acceptors (Lipinski definition) is 6. The average molecular weight is 463 g/mol. The first-order chi connectivity index (χ1) is 5.20. The van der Waals surface area contributed by atoms with E-state index in [2.05, 4.69) is 91.7 Å². The molecule has 0 radical (unpaired) electrons. The van der Waals surface area contributed by atoms with Crippen LogP contribution in [0.25, 0.3) is 0 Å². The quantitative estimate of drug-likeness (QED) is 0.321. The maximum atomic E-state index is 4.66. The molecule has 13 heavy (non-hydrogen) atoms. The summed E-state index contributed by atoms with van der Waals surface area (Å²) in [7, 11) is 0. The molecule has 0 heterocycles. The van der Waals surface area contributed by atoms with Crippen LogP contribution in [0.3, 0.4) is 0 Å². The zero-order chi connectivity index (χ0) is 10.7. The zero-order valence-corrected chi connectivity index (χ0v) is 13.7. The zero-order valence-electron chi connectivity index (χ0n) is 6.06. The first-order valence-corrected chi connectivity index (χ1v) is 4.54. The van der Waals surface area contributed by atoms with Gasteiger partial charge in [0.05, 0.1) is 0 Å². The summed E-state index contributed by atoms with van der Waals surface area (Å²) in [6.07, 6.45) is 0. The summed E-state index contributed by atoms with van der Waals surface area (Å²) in [5.74, 6) is 0. The Kier molecular flexibility index (Phi) is 34.1. The summed E-state index contributed by atoms with van der Waals surface area (Å²) in [4.78, 5) is 0. The van der Waals surface area contributed by atoms with Crippen molar-refractivity contribution >= 4 is 87.5 Å². The molecule has 0 saturated carbocycles. The topological polar surface area (TPSA) is 78.1 Å². The summed E-state index contributed by atoms with van der Waals surface area (Å²) < 4.78 is 0.250. The summed E-state index contributed by atoms with van der Waals surface area (Å²) in [6.45, 7) is 0. The molecule has 76 valence electrons. The van der Waals surface area contributed by atoms with Crippen LogP contribution in [0.5, 0.6) is 0 Å². The first kappa shape index (κ1) is 23.7. The Hall–Kier alpha value is 0.992. The van der Waals surface area contributed by atoms with Crippen LogP contribution in [-0.2, 0) is 58.3 Å². The molecule has 0 unspecified atom stereocenters. The molecule has 10 heteroatoms. The monoisotopic (exact) mass is 463 g/mol. The fourth-order valence-corrected chi connectivity index (χ4v) is 0. The molecule has 0 aliphatic rings. The van der Waals surface area contributed by atoms with Crippen LogP contribution in [0.2, 0.25) is 0 Å². The van der Waals surface area contributed by atoms with Crippen LogP contribution in [0.4, 0.5) is 0 Å². The van der Waals surface area contributed by atoms with Crippen LogP contribution < -0.4 is 17.2 Å². The molecule has 0 amide bonds. The van der Waals surface area contributed by atoms with Crippen LogP contribution in [0.15, 0.2) is 0 Å². The van der Waals surface area contributed by atoms with Crippen molar-refractivity contribution < 1.29 is 20.4 Å². The Morgan fingerprint density at radius 1 is 0.692 bits per heavy atom. The summed E-state index contributed by atoms with van der Waals surface area (Å²) in [5.41, 5.74) is 14.0. The van der Waals surface area contributed by atoms with Gasteiger partial charge in [-0.05, 0) is 0 Å². The summed E-state index contributed by atoms with van der Waals surface area (Å²) >= 11 is 24.8. The minimum Gasteiger partial charge on any atom is -0.415 e. The van der Waals surface area contributed by atoms with Gasteiger partial charge in [-0.2, -0.15) is 0 Å². The van der Waals surface area contributed by atoms with E-state index in [1.54, 1.807) is 0 Å². The van der Waals surface area contributed by atoms with Crippen LogP contribution in [0.1, 0.15) is 0 Å². The Labute approximate surface area is 124 Å². The van der Waals surface area contributed by atoms with Crippen molar-refractivity contribution in [3.8, 4) is 0 Å². The SMILES string of the molecule is NC(=S)[S-].NC(=S)[S-].NC(=S)[S-].[Re+3]. The molecule has 0 spiro atoms. The van der Waals surface area contributed by atoms with Gasteiger partial charge in [-0.25, -0.2) is 0 Å². The maximum absolute atomic E-state index is 4.66. The molecule has 0 atom stereocenters. The van der Waals surface area contributed by atoms with Crippen molar-refractivity contribution in [2.24, 2.45) is 17.2 Å². The van der Waals surface area contributed by atoms with Gasteiger partial charge in [0.2, 0.25) is 0 Å². The van der Waals surface area contributed by atoms with Gasteiger partial charge in [0.25, 0.3) is 0 Å². The van der Waals surface area contributed by atoms with Crippen LogP contribution in [0, 0.1) is 0 Å². The summed E-state index contributed by atoms with van der Waals surface area (Å²) in [5, 5.41) is 0. The van der Waals surface area contributed by atoms with Crippen LogP contribution >= 0.6 is 36.7 Å². The van der Waals surface area contributed by atoms with Gasteiger partial charge in [0, 0.05) is 0 Å². The van der Waals surface area contributed by atoms with Crippen molar-refractivity contribution in [3.05, 3.63) is 0 Å². The molecule has 0 aromatic heterocycles. The van der Waals surface area contributed by atoms with Gasteiger partial charge in [0.1, 0.15) is 0 Å². The molecule has 0 fully saturated rings. The third kappa shape index (κ3) is 1590. The molecule has 0 saturated heterocycles. The minimum atomic E-state index is 0. The molecule has 3 nitrogen and oxygen atoms in total. The number of nitrogens with two attached hydrogens (primary N) is 3. The van der Waals surface area contributed by atoms with Crippen molar-refractivity contribution in [2.45, 2.75) is 0 Å². The molecule has 0 rings (SSSR count). The molecule has 0 bridgehead atoms. The molecule has 0 aromatic rings. The molecule has 0 aliphatic carbocycles. The molecule has 0 aromatic carbocycles. The van der Waals surface area contributed by atoms with Crippen molar-refractivity contribution in [3.63, 3.8) is 0 Å². The predicted molar refractivity (Wildman–Crippen MR) is 72.5 cm³/mol. The Bertz CT molecular complexity index is 121. The largest absolute Gasteiger partial charge is 3.00 e. The second-order valence-corrected chi connectivity index (χ2v) is 4.37. The third-order valence-corrected chi connectivity index (χ3v) is 0. The fraction of sp³-hybridized carbons (Fsp3) is 0. The van der Waals surface area contributed by atoms with Crippen LogP contribution in [-0.4, -0.2) is 13.0 Å². The van der Waals surface area contributed by atoms with Gasteiger partial charge < -0.3 is 91.7 Å². The predicted octanol–water partition coefficient (Wildman–Crippen LogP) is -0.672. The van der Waals surface area contributed by atoms with Gasteiger partial charge in [-0.15, -0.1) is 0 Å². The standard InChI is InChI=1S/3CH3NS2.Re/c3*2-1(3)4;/h3*(H3,2,3,4);/q;;;+3/p-3. The van der Waals surface area contributed by atoms with E-state index < -0.39 is 0 Å². The second-order valence-electron chi connectivity index (χ2n) is 0.957. The summed E-state index contributed by atoms with van der Waals surface area (Å²) in [6, 6.07) is 0. The number of thiocarbonyl (C=S) groups is 3. The third-order valence-electron chi connectivity index (χ3n) is 0. The normalized spacial score (nSPS) is 5.54. The van der Waals surface area contributed by atoms with E-state index in [1.165, 1.54) is 0 Å². The smallest absolute Gasteiger partial charge is 0.415 e. The van der Waals surface area contributed by atoms with E-state index in [1.807, 2.05) is 0 Å². The molecule has 6 N–H and O–H groups in total. The van der Waals surface area contributed by atoms with Crippen molar-refractivity contribution in [1.29, 1.82) is 0 Å². The molecule has 0 aliphatic heterocycles. The molecular formula is C3H6N3ReS6. The average Bonchev–Trinajstić information content (AvgIpc) is 1.54. The van der Waals surface area contributed by atoms with E-state index in [9.17, 15) is 0 Å². The second kappa shape index (κ2) is 18.7. The van der Waals surface area contributed by atoms with Gasteiger partial charge >= 0.3 is 20.4 Å². The van der Waals surface area contributed by atoms with E-state index in [4.69, 9.17) is 0 Å². The van der Waals surface area contributed by atoms with E-state index in [-0.39, 0.29) is 33.4 Å². The van der Waals surface area contributed by atoms with E-state index in [0.29, 0.717) is 0 Å². The Morgan fingerprint density at radius 2 is 0.692 bits per heavy atom. The Morgan fingerprint density at radius 3 is 0.692 bits per heavy atom. The molecular weight excluding hydrogens is 457 g/mol. The van der Waals surface area contributed by atoms with Gasteiger partial charge in [-0.1, -0.05) is 13.0 Å².